The van der Waals surface area contributed by atoms with Gasteiger partial charge >= 0.3 is 11.9 Å². The van der Waals surface area contributed by atoms with E-state index in [9.17, 15) is 14.7 Å². The maximum Gasteiger partial charge on any atom is 0.323 e. The molecule has 0 radical (unpaired) electrons. The number of unbranched alkanes of at least 4 members (excludes halogenated alkanes) is 1. The summed E-state index contributed by atoms with van der Waals surface area (Å²) >= 11 is 6.10. The number of benzene rings is 3. The van der Waals surface area contributed by atoms with Crippen LogP contribution < -0.4 is 9.47 Å². The fraction of sp³-hybridized carbons (Fsp3) is 0.250. The van der Waals surface area contributed by atoms with Crippen molar-refractivity contribution in [2.75, 3.05) is 13.2 Å². The molecular formula is C32H32ClNO6. The Labute approximate surface area is 238 Å². The number of carbonyl (C=O) groups is 2. The molecule has 0 saturated carbocycles. The second kappa shape index (κ2) is 14.2. The number of rotatable bonds is 15. The highest BCUT2D eigenvalue weighted by Crippen LogP contribution is 2.28. The average Bonchev–Trinajstić information content (AvgIpc) is 3.28. The van der Waals surface area contributed by atoms with Gasteiger partial charge in [0.2, 0.25) is 0 Å². The van der Waals surface area contributed by atoms with E-state index in [1.807, 2.05) is 79.0 Å². The first-order valence-electron chi connectivity index (χ1n) is 13.2. The first-order valence-corrected chi connectivity index (χ1v) is 13.6. The molecular weight excluding hydrogens is 530 g/mol. The van der Waals surface area contributed by atoms with Gasteiger partial charge in [0, 0.05) is 18.0 Å². The van der Waals surface area contributed by atoms with Gasteiger partial charge in [-0.3, -0.25) is 9.59 Å². The number of ether oxygens (including phenoxy) is 2. The monoisotopic (exact) mass is 561 g/mol. The van der Waals surface area contributed by atoms with E-state index in [4.69, 9.17) is 26.2 Å². The number of halogens is 1. The summed E-state index contributed by atoms with van der Waals surface area (Å²) in [5.41, 5.74) is 3.65. The number of carboxylic acids is 2. The third-order valence-electron chi connectivity index (χ3n) is 6.39. The maximum absolute atomic E-state index is 11.5. The third kappa shape index (κ3) is 8.13. The minimum atomic E-state index is -0.934. The lowest BCUT2D eigenvalue weighted by Gasteiger charge is -2.09. The summed E-state index contributed by atoms with van der Waals surface area (Å²) in [6.07, 6.45) is 8.61. The summed E-state index contributed by atoms with van der Waals surface area (Å²) in [6, 6.07) is 21.1. The van der Waals surface area contributed by atoms with E-state index >= 15 is 0 Å². The quantitative estimate of drug-likeness (QED) is 0.118. The first-order chi connectivity index (χ1) is 19.4. The zero-order valence-electron chi connectivity index (χ0n) is 22.1. The maximum atomic E-state index is 11.5. The number of aryl methyl sites for hydroxylation is 1. The molecule has 0 amide bonds. The molecule has 8 heteroatoms. The Morgan fingerprint density at radius 3 is 2.30 bits per heavy atom. The van der Waals surface area contributed by atoms with Gasteiger partial charge in [-0.05, 0) is 66.6 Å². The molecule has 0 unspecified atom stereocenters. The van der Waals surface area contributed by atoms with Crippen LogP contribution in [-0.4, -0.2) is 39.9 Å². The van der Waals surface area contributed by atoms with Crippen LogP contribution in [0.1, 0.15) is 42.4 Å². The van der Waals surface area contributed by atoms with E-state index in [0.29, 0.717) is 36.8 Å². The molecule has 1 heterocycles. The van der Waals surface area contributed by atoms with Gasteiger partial charge in [-0.25, -0.2) is 0 Å². The lowest BCUT2D eigenvalue weighted by atomic mass is 10.0. The number of aliphatic carboxylic acids is 2. The molecule has 208 valence electrons. The molecule has 3 aromatic carbocycles. The van der Waals surface area contributed by atoms with E-state index in [1.54, 1.807) is 10.6 Å². The molecule has 0 atom stereocenters. The van der Waals surface area contributed by atoms with Crippen LogP contribution in [0.4, 0.5) is 0 Å². The van der Waals surface area contributed by atoms with Crippen LogP contribution >= 0.6 is 11.6 Å². The van der Waals surface area contributed by atoms with Gasteiger partial charge < -0.3 is 24.3 Å². The van der Waals surface area contributed by atoms with Crippen molar-refractivity contribution in [1.29, 1.82) is 0 Å². The molecule has 0 aliphatic carbocycles. The van der Waals surface area contributed by atoms with Gasteiger partial charge in [-0.15, -0.1) is 0 Å². The first kappa shape index (κ1) is 28.8. The highest BCUT2D eigenvalue weighted by molar-refractivity contribution is 6.32. The number of fused-ring (bicyclic) bond motifs is 1. The Kier molecular flexibility index (Phi) is 10.2. The summed E-state index contributed by atoms with van der Waals surface area (Å²) in [5, 5.41) is 20.0. The van der Waals surface area contributed by atoms with Gasteiger partial charge in [0.15, 0.2) is 0 Å². The summed E-state index contributed by atoms with van der Waals surface area (Å²) < 4.78 is 13.3. The number of aromatic nitrogens is 1. The van der Waals surface area contributed by atoms with Crippen molar-refractivity contribution in [3.8, 4) is 11.5 Å². The molecule has 4 aromatic rings. The van der Waals surface area contributed by atoms with Crippen molar-refractivity contribution in [3.05, 3.63) is 94.6 Å². The largest absolute Gasteiger partial charge is 0.494 e. The lowest BCUT2D eigenvalue weighted by molar-refractivity contribution is -0.138. The fourth-order valence-electron chi connectivity index (χ4n) is 4.50. The van der Waals surface area contributed by atoms with E-state index in [0.717, 1.165) is 46.2 Å². The molecule has 0 bridgehead atoms. The minimum Gasteiger partial charge on any atom is -0.494 e. The summed E-state index contributed by atoms with van der Waals surface area (Å²) in [5.74, 6) is -0.297. The third-order valence-corrected chi connectivity index (χ3v) is 6.70. The SMILES string of the molecule is O=C(O)CCCc1cn(CC(=O)O)c2c(C=Cc3ccc(OCCCCOc4ccccc4Cl)cc3)cccc12. The standard InChI is InChI=1S/C32H32ClNO6/c33-28-10-1-2-11-29(28)40-20-4-3-19-39-26-17-14-23(15-18-26)13-16-24-7-5-9-27-25(8-6-12-30(35)36)21-34(32(24)27)22-31(37)38/h1-2,5,7,9-11,13-18,21H,3-4,6,8,12,19-20,22H2,(H,35,36)(H,37,38). The molecule has 0 spiro atoms. The van der Waals surface area contributed by atoms with Gasteiger partial charge in [-0.1, -0.05) is 66.2 Å². The van der Waals surface area contributed by atoms with E-state index in [-0.39, 0.29) is 13.0 Å². The Bertz CT molecular complexity index is 1470. The minimum absolute atomic E-state index is 0.0723. The Morgan fingerprint density at radius 2 is 1.57 bits per heavy atom. The zero-order chi connectivity index (χ0) is 28.3. The number of nitrogens with zero attached hydrogens (tertiary/aromatic N) is 1. The molecule has 0 aliphatic rings. The van der Waals surface area contributed by atoms with Crippen LogP contribution in [0.15, 0.2) is 72.9 Å². The van der Waals surface area contributed by atoms with Crippen LogP contribution in [0.3, 0.4) is 0 Å². The molecule has 1 aromatic heterocycles. The summed E-state index contributed by atoms with van der Waals surface area (Å²) in [7, 11) is 0. The van der Waals surface area contributed by atoms with Crippen LogP contribution in [0, 0.1) is 0 Å². The summed E-state index contributed by atoms with van der Waals surface area (Å²) in [6.45, 7) is 0.986. The van der Waals surface area contributed by atoms with Gasteiger partial charge in [0.05, 0.1) is 23.8 Å². The van der Waals surface area contributed by atoms with Crippen LogP contribution in [-0.2, 0) is 22.6 Å². The topological polar surface area (TPSA) is 98.0 Å². The fourth-order valence-corrected chi connectivity index (χ4v) is 4.69. The van der Waals surface area contributed by atoms with Crippen molar-refractivity contribution in [3.63, 3.8) is 0 Å². The Balaban J connectivity index is 1.35. The average molecular weight is 562 g/mol. The molecule has 0 aliphatic heterocycles. The highest BCUT2D eigenvalue weighted by Gasteiger charge is 2.13. The van der Waals surface area contributed by atoms with Crippen LogP contribution in [0.5, 0.6) is 11.5 Å². The highest BCUT2D eigenvalue weighted by atomic mass is 35.5. The molecule has 0 saturated heterocycles. The normalized spacial score (nSPS) is 11.2. The van der Waals surface area contributed by atoms with Gasteiger partial charge in [0.1, 0.15) is 18.0 Å². The van der Waals surface area contributed by atoms with Gasteiger partial charge in [0.25, 0.3) is 0 Å². The predicted octanol–water partition coefficient (Wildman–Crippen LogP) is 7.20. The van der Waals surface area contributed by atoms with Crippen molar-refractivity contribution in [1.82, 2.24) is 4.57 Å². The van der Waals surface area contributed by atoms with Crippen molar-refractivity contribution in [2.45, 2.75) is 38.6 Å². The molecule has 2 N–H and O–H groups in total. The number of hydrogen-bond donors (Lipinski definition) is 2. The summed E-state index contributed by atoms with van der Waals surface area (Å²) in [4.78, 5) is 22.4. The van der Waals surface area contributed by atoms with E-state index in [2.05, 4.69) is 0 Å². The van der Waals surface area contributed by atoms with E-state index in [1.165, 1.54) is 0 Å². The van der Waals surface area contributed by atoms with E-state index < -0.39 is 11.9 Å². The number of hydrogen-bond acceptors (Lipinski definition) is 4. The van der Waals surface area contributed by atoms with Crippen LogP contribution in [0.25, 0.3) is 23.1 Å². The van der Waals surface area contributed by atoms with Crippen molar-refractivity contribution < 1.29 is 29.3 Å². The Hall–Kier alpha value is -4.23. The predicted molar refractivity (Wildman–Crippen MR) is 157 cm³/mol. The van der Waals surface area contributed by atoms with Crippen molar-refractivity contribution in [2.24, 2.45) is 0 Å². The van der Waals surface area contributed by atoms with Gasteiger partial charge in [-0.2, -0.15) is 0 Å². The molecule has 0 fully saturated rings. The smallest absolute Gasteiger partial charge is 0.323 e. The molecule has 7 nitrogen and oxygen atoms in total. The number of carboxylic acid groups (broad SMARTS) is 2. The lowest BCUT2D eigenvalue weighted by Crippen LogP contribution is -2.07. The van der Waals surface area contributed by atoms with Crippen molar-refractivity contribution >= 4 is 46.6 Å². The zero-order valence-corrected chi connectivity index (χ0v) is 22.8. The second-order valence-electron chi connectivity index (χ2n) is 9.40. The second-order valence-corrected chi connectivity index (χ2v) is 9.81. The molecule has 40 heavy (non-hydrogen) atoms. The number of para-hydroxylation sites is 2. The molecule has 4 rings (SSSR count). The van der Waals surface area contributed by atoms with Crippen LogP contribution in [0.2, 0.25) is 5.02 Å². The Morgan fingerprint density at radius 1 is 0.825 bits per heavy atom.